The van der Waals surface area contributed by atoms with Gasteiger partial charge in [-0.2, -0.15) is 9.97 Å². The number of rotatable bonds is 9. The second-order valence-electron chi connectivity index (χ2n) is 8.30. The Morgan fingerprint density at radius 1 is 1.12 bits per heavy atom. The first-order chi connectivity index (χ1) is 15.9. The molecule has 0 saturated carbocycles. The summed E-state index contributed by atoms with van der Waals surface area (Å²) < 4.78 is 1.99. The summed E-state index contributed by atoms with van der Waals surface area (Å²) in [6.45, 7) is 5.10. The van der Waals surface area contributed by atoms with Crippen LogP contribution in [-0.4, -0.2) is 37.3 Å². The van der Waals surface area contributed by atoms with Gasteiger partial charge in [-0.25, -0.2) is 4.98 Å². The van der Waals surface area contributed by atoms with Crippen LogP contribution in [0, 0.1) is 5.92 Å². The maximum absolute atomic E-state index is 9.78. The van der Waals surface area contributed by atoms with Gasteiger partial charge in [-0.05, 0) is 35.2 Å². The van der Waals surface area contributed by atoms with Crippen LogP contribution in [-0.2, 0) is 13.1 Å². The highest BCUT2D eigenvalue weighted by Gasteiger charge is 2.18. The molecule has 0 radical (unpaired) electrons. The number of hydrogen-bond acceptors (Lipinski definition) is 7. The molecule has 0 amide bonds. The monoisotopic (exact) mass is 465 g/mol. The van der Waals surface area contributed by atoms with Gasteiger partial charge >= 0.3 is 0 Å². The van der Waals surface area contributed by atoms with E-state index in [4.69, 9.17) is 22.3 Å². The third-order valence-corrected chi connectivity index (χ3v) is 5.76. The first-order valence-corrected chi connectivity index (χ1v) is 11.2. The van der Waals surface area contributed by atoms with Crippen LogP contribution in [0.2, 0.25) is 5.02 Å². The molecule has 1 atom stereocenters. The Hall–Kier alpha value is -3.36. The Morgan fingerprint density at radius 2 is 1.91 bits per heavy atom. The lowest BCUT2D eigenvalue weighted by molar-refractivity contribution is 0.248. The maximum Gasteiger partial charge on any atom is 0.227 e. The molecular weight excluding hydrogens is 438 g/mol. The SMILES string of the molecule is CC(C)C(CO)Nc1nc(NCc2cc(Cl)ccc2N)c2ncn(Cc3ccccc3)c2n1. The Kier molecular flexibility index (Phi) is 6.96. The molecule has 9 heteroatoms. The fourth-order valence-electron chi connectivity index (χ4n) is 3.52. The largest absolute Gasteiger partial charge is 0.398 e. The van der Waals surface area contributed by atoms with Gasteiger partial charge in [0, 0.05) is 17.3 Å². The van der Waals surface area contributed by atoms with Crippen molar-refractivity contribution in [2.24, 2.45) is 5.92 Å². The van der Waals surface area contributed by atoms with Crippen LogP contribution in [0.15, 0.2) is 54.9 Å². The van der Waals surface area contributed by atoms with E-state index in [1.54, 1.807) is 18.5 Å². The molecule has 33 heavy (non-hydrogen) atoms. The summed E-state index contributed by atoms with van der Waals surface area (Å²) in [6.07, 6.45) is 1.76. The van der Waals surface area contributed by atoms with Crippen LogP contribution >= 0.6 is 11.6 Å². The Bertz CT molecular complexity index is 1230. The number of imidazole rings is 1. The summed E-state index contributed by atoms with van der Waals surface area (Å²) in [5.74, 6) is 1.20. The van der Waals surface area contributed by atoms with E-state index in [1.165, 1.54) is 0 Å². The number of anilines is 3. The van der Waals surface area contributed by atoms with E-state index < -0.39 is 0 Å². The number of aromatic nitrogens is 4. The molecule has 4 aromatic rings. The number of fused-ring (bicyclic) bond motifs is 1. The highest BCUT2D eigenvalue weighted by molar-refractivity contribution is 6.30. The normalized spacial score (nSPS) is 12.3. The van der Waals surface area contributed by atoms with E-state index in [0.717, 1.165) is 11.1 Å². The van der Waals surface area contributed by atoms with Crippen molar-refractivity contribution in [3.05, 3.63) is 71.0 Å². The molecule has 0 saturated heterocycles. The van der Waals surface area contributed by atoms with Crippen molar-refractivity contribution in [2.75, 3.05) is 23.0 Å². The number of aliphatic hydroxyl groups excluding tert-OH is 1. The molecule has 4 rings (SSSR count). The van der Waals surface area contributed by atoms with Crippen molar-refractivity contribution in [1.82, 2.24) is 19.5 Å². The van der Waals surface area contributed by atoms with Gasteiger partial charge in [-0.15, -0.1) is 0 Å². The minimum absolute atomic E-state index is 0.0237. The molecule has 0 aliphatic rings. The number of nitrogens with one attached hydrogen (secondary N) is 2. The number of halogens is 1. The number of hydrogen-bond donors (Lipinski definition) is 4. The molecule has 0 aliphatic carbocycles. The summed E-state index contributed by atoms with van der Waals surface area (Å²) in [4.78, 5) is 14.0. The number of nitrogen functional groups attached to an aromatic ring is 1. The summed E-state index contributed by atoms with van der Waals surface area (Å²) in [5.41, 5.74) is 10.1. The van der Waals surface area contributed by atoms with Crippen LogP contribution in [0.4, 0.5) is 17.5 Å². The molecule has 8 nitrogen and oxygen atoms in total. The Morgan fingerprint density at radius 3 is 2.64 bits per heavy atom. The lowest BCUT2D eigenvalue weighted by Gasteiger charge is -2.20. The van der Waals surface area contributed by atoms with Gasteiger partial charge in [0.05, 0.1) is 25.5 Å². The van der Waals surface area contributed by atoms with Crippen molar-refractivity contribution in [3.8, 4) is 0 Å². The first-order valence-electron chi connectivity index (χ1n) is 10.9. The zero-order valence-corrected chi connectivity index (χ0v) is 19.4. The molecule has 2 heterocycles. The third kappa shape index (κ3) is 5.35. The molecule has 0 spiro atoms. The van der Waals surface area contributed by atoms with Crippen molar-refractivity contribution >= 4 is 40.2 Å². The first kappa shape index (κ1) is 22.8. The second-order valence-corrected chi connectivity index (χ2v) is 8.74. The van der Waals surface area contributed by atoms with Gasteiger partial charge in [-0.1, -0.05) is 55.8 Å². The van der Waals surface area contributed by atoms with E-state index >= 15 is 0 Å². The van der Waals surface area contributed by atoms with E-state index in [-0.39, 0.29) is 18.6 Å². The van der Waals surface area contributed by atoms with Gasteiger partial charge in [0.25, 0.3) is 0 Å². The van der Waals surface area contributed by atoms with Crippen LogP contribution in [0.3, 0.4) is 0 Å². The topological polar surface area (TPSA) is 114 Å². The predicted octanol–water partition coefficient (Wildman–Crippen LogP) is 4.15. The molecule has 0 fully saturated rings. The Balaban J connectivity index is 1.71. The number of benzene rings is 2. The summed E-state index contributed by atoms with van der Waals surface area (Å²) in [6, 6.07) is 15.3. The minimum atomic E-state index is -0.177. The van der Waals surface area contributed by atoms with E-state index in [1.807, 2.05) is 42.7 Å². The summed E-state index contributed by atoms with van der Waals surface area (Å²) in [5, 5.41) is 17.0. The van der Waals surface area contributed by atoms with Crippen molar-refractivity contribution in [3.63, 3.8) is 0 Å². The van der Waals surface area contributed by atoms with E-state index in [0.29, 0.717) is 46.7 Å². The highest BCUT2D eigenvalue weighted by atomic mass is 35.5. The van der Waals surface area contributed by atoms with Gasteiger partial charge in [-0.3, -0.25) is 0 Å². The van der Waals surface area contributed by atoms with Gasteiger partial charge in [0.1, 0.15) is 0 Å². The molecular formula is C24H28ClN7O. The second kappa shape index (κ2) is 10.1. The van der Waals surface area contributed by atoms with Crippen LogP contribution < -0.4 is 16.4 Å². The number of aliphatic hydroxyl groups is 1. The van der Waals surface area contributed by atoms with Crippen LogP contribution in [0.5, 0.6) is 0 Å². The predicted molar refractivity (Wildman–Crippen MR) is 133 cm³/mol. The van der Waals surface area contributed by atoms with Crippen molar-refractivity contribution in [1.29, 1.82) is 0 Å². The van der Waals surface area contributed by atoms with Gasteiger partial charge < -0.3 is 26.0 Å². The molecule has 5 N–H and O–H groups in total. The zero-order chi connectivity index (χ0) is 23.4. The molecule has 0 aliphatic heterocycles. The molecule has 172 valence electrons. The van der Waals surface area contributed by atoms with E-state index in [2.05, 4.69) is 32.7 Å². The summed E-state index contributed by atoms with van der Waals surface area (Å²) >= 11 is 6.14. The fraction of sp³-hybridized carbons (Fsp3) is 0.292. The molecule has 2 aromatic carbocycles. The number of nitrogens with zero attached hydrogens (tertiary/aromatic N) is 4. The van der Waals surface area contributed by atoms with Crippen LogP contribution in [0.25, 0.3) is 11.2 Å². The quantitative estimate of drug-likeness (QED) is 0.274. The van der Waals surface area contributed by atoms with Crippen molar-refractivity contribution in [2.45, 2.75) is 33.0 Å². The third-order valence-electron chi connectivity index (χ3n) is 5.53. The fourth-order valence-corrected chi connectivity index (χ4v) is 3.72. The molecule has 1 unspecified atom stereocenters. The lowest BCUT2D eigenvalue weighted by atomic mass is 10.1. The maximum atomic E-state index is 9.78. The summed E-state index contributed by atoms with van der Waals surface area (Å²) in [7, 11) is 0. The van der Waals surface area contributed by atoms with Gasteiger partial charge in [0.2, 0.25) is 5.95 Å². The molecule has 2 aromatic heterocycles. The highest BCUT2D eigenvalue weighted by Crippen LogP contribution is 2.25. The average molecular weight is 466 g/mol. The van der Waals surface area contributed by atoms with Gasteiger partial charge in [0.15, 0.2) is 17.0 Å². The zero-order valence-electron chi connectivity index (χ0n) is 18.7. The van der Waals surface area contributed by atoms with Crippen LogP contribution in [0.1, 0.15) is 25.0 Å². The smallest absolute Gasteiger partial charge is 0.227 e. The average Bonchev–Trinajstić information content (AvgIpc) is 3.21. The number of nitrogens with two attached hydrogens (primary N) is 1. The van der Waals surface area contributed by atoms with Crippen molar-refractivity contribution < 1.29 is 5.11 Å². The lowest BCUT2D eigenvalue weighted by Crippen LogP contribution is -2.30. The van der Waals surface area contributed by atoms with E-state index in [9.17, 15) is 5.11 Å². The Labute approximate surface area is 197 Å². The standard InChI is InChI=1S/C24H28ClN7O/c1-15(2)20(13-33)29-24-30-22(27-11-17-10-18(25)8-9-19(17)26)21-23(31-24)32(14-28-21)12-16-6-4-3-5-7-16/h3-10,14-15,20,33H,11-13,26H2,1-2H3,(H2,27,29,30,31). The molecule has 0 bridgehead atoms. The minimum Gasteiger partial charge on any atom is -0.398 e.